The van der Waals surface area contributed by atoms with Gasteiger partial charge in [0, 0.05) is 64.5 Å². The number of nitrogens with one attached hydrogen (secondary N) is 2. The van der Waals surface area contributed by atoms with Crippen molar-refractivity contribution >= 4 is 29.9 Å². The predicted molar refractivity (Wildman–Crippen MR) is 101 cm³/mol. The van der Waals surface area contributed by atoms with Crippen molar-refractivity contribution < 1.29 is 4.52 Å². The third-order valence-electron chi connectivity index (χ3n) is 4.73. The summed E-state index contributed by atoms with van der Waals surface area (Å²) in [6.45, 7) is 11.5. The van der Waals surface area contributed by atoms with Crippen LogP contribution in [0.2, 0.25) is 0 Å². The summed E-state index contributed by atoms with van der Waals surface area (Å²) in [5.41, 5.74) is 2.04. The molecule has 2 N–H and O–H groups in total. The Morgan fingerprint density at radius 1 is 1.26 bits per heavy atom. The predicted octanol–water partition coefficient (Wildman–Crippen LogP) is 0.574. The van der Waals surface area contributed by atoms with E-state index in [4.69, 9.17) is 4.52 Å². The summed E-state index contributed by atoms with van der Waals surface area (Å²) in [5.74, 6) is 1.70. The van der Waals surface area contributed by atoms with Crippen molar-refractivity contribution in [3.05, 3.63) is 17.0 Å². The maximum Gasteiger partial charge on any atom is 0.191 e. The minimum absolute atomic E-state index is 0. The van der Waals surface area contributed by atoms with Gasteiger partial charge in [0.15, 0.2) is 5.96 Å². The highest BCUT2D eigenvalue weighted by Gasteiger charge is 2.31. The number of piperazine rings is 3. The van der Waals surface area contributed by atoms with E-state index < -0.39 is 0 Å². The van der Waals surface area contributed by atoms with Crippen molar-refractivity contribution in [3.63, 3.8) is 0 Å². The minimum Gasteiger partial charge on any atom is -0.361 e. The van der Waals surface area contributed by atoms with E-state index in [2.05, 4.69) is 30.6 Å². The molecule has 3 aliphatic heterocycles. The molecule has 3 saturated heterocycles. The molecule has 23 heavy (non-hydrogen) atoms. The number of nitrogens with zero attached hydrogens (tertiary/aromatic N) is 4. The molecule has 1 aromatic heterocycles. The summed E-state index contributed by atoms with van der Waals surface area (Å²) in [5, 5.41) is 10.8. The molecule has 130 valence electrons. The number of hydrogen-bond acceptors (Lipinski definition) is 5. The van der Waals surface area contributed by atoms with Gasteiger partial charge in [-0.3, -0.25) is 14.8 Å². The van der Waals surface area contributed by atoms with Crippen LogP contribution in [0, 0.1) is 13.8 Å². The second-order valence-electron chi connectivity index (χ2n) is 6.10. The highest BCUT2D eigenvalue weighted by molar-refractivity contribution is 14.0. The monoisotopic (exact) mass is 434 g/mol. The number of aryl methyl sites for hydroxylation is 2. The number of halogens is 1. The van der Waals surface area contributed by atoms with Gasteiger partial charge in [-0.15, -0.1) is 24.0 Å². The smallest absolute Gasteiger partial charge is 0.191 e. The van der Waals surface area contributed by atoms with Gasteiger partial charge in [-0.25, -0.2) is 0 Å². The average Bonchev–Trinajstić information content (AvgIpc) is 2.87. The van der Waals surface area contributed by atoms with Crippen molar-refractivity contribution in [2.24, 2.45) is 4.99 Å². The van der Waals surface area contributed by atoms with Crippen LogP contribution >= 0.6 is 24.0 Å². The zero-order valence-electron chi connectivity index (χ0n) is 14.1. The standard InChI is InChI=1S/C15H26N6O.HI/c1-11-14(12(2)22-19-11)9-18-15(16-3)17-8-13-10-20-4-6-21(13)7-5-20;/h13H,4-10H2,1-3H3,(H2,16,17,18);1H. The van der Waals surface area contributed by atoms with Crippen LogP contribution in [-0.4, -0.2) is 73.3 Å². The lowest BCUT2D eigenvalue weighted by Gasteiger charge is -2.47. The Morgan fingerprint density at radius 3 is 2.52 bits per heavy atom. The normalized spacial score (nSPS) is 26.7. The summed E-state index contributed by atoms with van der Waals surface area (Å²) < 4.78 is 5.19. The fourth-order valence-corrected chi connectivity index (χ4v) is 3.28. The second-order valence-corrected chi connectivity index (χ2v) is 6.10. The van der Waals surface area contributed by atoms with Crippen LogP contribution in [0.1, 0.15) is 17.0 Å². The summed E-state index contributed by atoms with van der Waals surface area (Å²) >= 11 is 0. The first-order chi connectivity index (χ1) is 10.7. The Balaban J connectivity index is 0.00000192. The topological polar surface area (TPSA) is 68.9 Å². The van der Waals surface area contributed by atoms with E-state index >= 15 is 0 Å². The van der Waals surface area contributed by atoms with Gasteiger partial charge >= 0.3 is 0 Å². The Morgan fingerprint density at radius 2 is 2.00 bits per heavy atom. The van der Waals surface area contributed by atoms with Crippen LogP contribution in [0.4, 0.5) is 0 Å². The fourth-order valence-electron chi connectivity index (χ4n) is 3.28. The summed E-state index contributed by atoms with van der Waals surface area (Å²) in [6, 6.07) is 0.583. The molecule has 0 amide bonds. The first kappa shape index (κ1) is 18.5. The second kappa shape index (κ2) is 8.29. The number of aromatic nitrogens is 1. The molecule has 3 aliphatic rings. The molecule has 0 aliphatic carbocycles. The molecular formula is C15H27IN6O. The molecule has 8 heteroatoms. The Labute approximate surface area is 154 Å². The zero-order chi connectivity index (χ0) is 15.5. The van der Waals surface area contributed by atoms with Crippen molar-refractivity contribution in [2.45, 2.75) is 26.4 Å². The maximum atomic E-state index is 5.19. The lowest BCUT2D eigenvalue weighted by molar-refractivity contribution is 0.0154. The van der Waals surface area contributed by atoms with Gasteiger partial charge in [-0.2, -0.15) is 0 Å². The molecule has 4 rings (SSSR count). The fraction of sp³-hybridized carbons (Fsp3) is 0.733. The molecule has 3 fully saturated rings. The van der Waals surface area contributed by atoms with E-state index in [1.54, 1.807) is 7.05 Å². The Hall–Kier alpha value is -0.870. The third kappa shape index (κ3) is 4.36. The highest BCUT2D eigenvalue weighted by atomic mass is 127. The molecule has 1 aromatic rings. The minimum atomic E-state index is 0. The van der Waals surface area contributed by atoms with Gasteiger partial charge in [-0.1, -0.05) is 5.16 Å². The van der Waals surface area contributed by atoms with Crippen LogP contribution in [-0.2, 0) is 6.54 Å². The van der Waals surface area contributed by atoms with E-state index in [0.717, 1.165) is 36.1 Å². The van der Waals surface area contributed by atoms with Crippen molar-refractivity contribution in [3.8, 4) is 0 Å². The average molecular weight is 434 g/mol. The van der Waals surface area contributed by atoms with Crippen LogP contribution in [0.15, 0.2) is 9.52 Å². The van der Waals surface area contributed by atoms with E-state index in [1.165, 1.54) is 26.2 Å². The Bertz CT molecular complexity index is 519. The molecule has 4 heterocycles. The zero-order valence-corrected chi connectivity index (χ0v) is 16.5. The molecule has 0 saturated carbocycles. The van der Waals surface area contributed by atoms with Crippen molar-refractivity contribution in [1.29, 1.82) is 0 Å². The number of hydrogen-bond donors (Lipinski definition) is 2. The number of guanidine groups is 1. The molecule has 2 bridgehead atoms. The lowest BCUT2D eigenvalue weighted by atomic mass is 10.1. The van der Waals surface area contributed by atoms with Crippen LogP contribution in [0.3, 0.4) is 0 Å². The number of fused-ring (bicyclic) bond motifs is 3. The van der Waals surface area contributed by atoms with Crippen molar-refractivity contribution in [1.82, 2.24) is 25.6 Å². The maximum absolute atomic E-state index is 5.19. The quantitative estimate of drug-likeness (QED) is 0.411. The van der Waals surface area contributed by atoms with Gasteiger partial charge < -0.3 is 15.2 Å². The molecular weight excluding hydrogens is 407 g/mol. The molecule has 1 atom stereocenters. The molecule has 0 radical (unpaired) electrons. The summed E-state index contributed by atoms with van der Waals surface area (Å²) in [7, 11) is 1.81. The first-order valence-corrected chi connectivity index (χ1v) is 8.00. The molecule has 0 aromatic carbocycles. The largest absolute Gasteiger partial charge is 0.361 e. The molecule has 0 spiro atoms. The van der Waals surface area contributed by atoms with Gasteiger partial charge in [0.05, 0.1) is 5.69 Å². The number of rotatable bonds is 4. The van der Waals surface area contributed by atoms with Gasteiger partial charge in [0.1, 0.15) is 5.76 Å². The van der Waals surface area contributed by atoms with E-state index in [1.807, 2.05) is 13.8 Å². The van der Waals surface area contributed by atoms with Crippen LogP contribution < -0.4 is 10.6 Å². The Kier molecular flexibility index (Phi) is 6.66. The van der Waals surface area contributed by atoms with Crippen LogP contribution in [0.25, 0.3) is 0 Å². The highest BCUT2D eigenvalue weighted by Crippen LogP contribution is 2.15. The van der Waals surface area contributed by atoms with E-state index in [-0.39, 0.29) is 24.0 Å². The van der Waals surface area contributed by atoms with Gasteiger partial charge in [0.2, 0.25) is 0 Å². The van der Waals surface area contributed by atoms with E-state index in [9.17, 15) is 0 Å². The number of aliphatic imine (C=N–C) groups is 1. The van der Waals surface area contributed by atoms with Gasteiger partial charge in [-0.05, 0) is 13.8 Å². The van der Waals surface area contributed by atoms with Crippen LogP contribution in [0.5, 0.6) is 0 Å². The molecule has 7 nitrogen and oxygen atoms in total. The van der Waals surface area contributed by atoms with Crippen molar-refractivity contribution in [2.75, 3.05) is 46.3 Å². The van der Waals surface area contributed by atoms with Gasteiger partial charge in [0.25, 0.3) is 0 Å². The first-order valence-electron chi connectivity index (χ1n) is 8.00. The summed E-state index contributed by atoms with van der Waals surface area (Å²) in [6.07, 6.45) is 0. The SMILES string of the molecule is CN=C(NCc1c(C)noc1C)NCC1CN2CCN1CC2.I. The van der Waals surface area contributed by atoms with E-state index in [0.29, 0.717) is 12.6 Å². The molecule has 1 unspecified atom stereocenters. The summed E-state index contributed by atoms with van der Waals surface area (Å²) in [4.78, 5) is 9.43. The third-order valence-corrected chi connectivity index (χ3v) is 4.73. The lowest BCUT2D eigenvalue weighted by Crippen LogP contribution is -2.63.